The van der Waals surface area contributed by atoms with Gasteiger partial charge in [0, 0.05) is 22.1 Å². The van der Waals surface area contributed by atoms with Crippen molar-refractivity contribution in [1.82, 2.24) is 10.2 Å². The van der Waals surface area contributed by atoms with Crippen LogP contribution in [0.3, 0.4) is 0 Å². The number of hydrogen-bond donors (Lipinski definition) is 1. The second kappa shape index (κ2) is 7.43. The van der Waals surface area contributed by atoms with Crippen molar-refractivity contribution in [2.45, 2.75) is 31.7 Å². The molecule has 1 aromatic rings. The minimum atomic E-state index is 0.0835. The van der Waals surface area contributed by atoms with E-state index in [1.807, 2.05) is 18.0 Å². The van der Waals surface area contributed by atoms with Crippen LogP contribution in [0.2, 0.25) is 5.02 Å². The predicted molar refractivity (Wildman–Crippen MR) is 86.4 cm³/mol. The van der Waals surface area contributed by atoms with Crippen molar-refractivity contribution in [1.29, 1.82) is 0 Å². The highest BCUT2D eigenvalue weighted by Crippen LogP contribution is 2.27. The fraction of sp³-hybridized carbons (Fsp3) is 0.533. The van der Waals surface area contributed by atoms with Gasteiger partial charge >= 0.3 is 0 Å². The quantitative estimate of drug-likeness (QED) is 0.889. The molecule has 5 heteroatoms. The molecule has 1 aromatic carbocycles. The Labute approximate surface area is 133 Å². The Hall–Kier alpha value is -0.580. The van der Waals surface area contributed by atoms with Crippen LogP contribution >= 0.6 is 27.5 Å². The van der Waals surface area contributed by atoms with E-state index in [1.165, 1.54) is 6.42 Å². The first-order valence-electron chi connectivity index (χ1n) is 7.04. The monoisotopic (exact) mass is 358 g/mol. The van der Waals surface area contributed by atoms with E-state index in [-0.39, 0.29) is 5.91 Å². The molecule has 0 aliphatic carbocycles. The van der Waals surface area contributed by atoms with E-state index in [0.29, 0.717) is 16.6 Å². The highest BCUT2D eigenvalue weighted by Gasteiger charge is 2.28. The average molecular weight is 360 g/mol. The van der Waals surface area contributed by atoms with Gasteiger partial charge in [-0.15, -0.1) is 0 Å². The molecule has 1 aliphatic heterocycles. The summed E-state index contributed by atoms with van der Waals surface area (Å²) in [6.45, 7) is 1.78. The zero-order valence-corrected chi connectivity index (χ0v) is 14.0. The minimum absolute atomic E-state index is 0.0835. The predicted octanol–water partition coefficient (Wildman–Crippen LogP) is 3.71. The number of carbonyl (C=O) groups excluding carboxylic acids is 1. The van der Waals surface area contributed by atoms with Crippen molar-refractivity contribution < 1.29 is 4.79 Å². The molecule has 1 aliphatic rings. The van der Waals surface area contributed by atoms with Crippen LogP contribution in [-0.2, 0) is 0 Å². The van der Waals surface area contributed by atoms with Gasteiger partial charge in [-0.25, -0.2) is 0 Å². The molecule has 0 radical (unpaired) electrons. The molecule has 0 spiro atoms. The van der Waals surface area contributed by atoms with Gasteiger partial charge in [0.1, 0.15) is 0 Å². The fourth-order valence-electron chi connectivity index (χ4n) is 2.70. The first-order valence-corrected chi connectivity index (χ1v) is 8.21. The molecule has 0 bridgehead atoms. The maximum absolute atomic E-state index is 12.8. The Balaban J connectivity index is 2.18. The first kappa shape index (κ1) is 15.8. The summed E-state index contributed by atoms with van der Waals surface area (Å²) in [5, 5.41) is 3.76. The molecule has 1 amide bonds. The fourth-order valence-corrected chi connectivity index (χ4v) is 3.28. The summed E-state index contributed by atoms with van der Waals surface area (Å²) in [4.78, 5) is 14.8. The molecule has 0 aromatic heterocycles. The maximum atomic E-state index is 12.8. The SMILES string of the molecule is CNCCC1CCCCN1C(=O)c1cc(Cl)ccc1Br. The van der Waals surface area contributed by atoms with Crippen LogP contribution in [0.5, 0.6) is 0 Å². The molecular formula is C15H20BrClN2O. The van der Waals surface area contributed by atoms with Crippen molar-refractivity contribution in [2.24, 2.45) is 0 Å². The average Bonchev–Trinajstić information content (AvgIpc) is 2.47. The normalized spacial score (nSPS) is 19.1. The second-order valence-electron chi connectivity index (χ2n) is 5.16. The molecule has 1 fully saturated rings. The van der Waals surface area contributed by atoms with Crippen LogP contribution in [0.1, 0.15) is 36.0 Å². The van der Waals surface area contributed by atoms with Crippen molar-refractivity contribution in [2.75, 3.05) is 20.1 Å². The zero-order chi connectivity index (χ0) is 14.5. The molecule has 1 unspecified atom stereocenters. The van der Waals surface area contributed by atoms with Crippen LogP contribution in [0.15, 0.2) is 22.7 Å². The molecule has 20 heavy (non-hydrogen) atoms. The van der Waals surface area contributed by atoms with E-state index < -0.39 is 0 Å². The number of hydrogen-bond acceptors (Lipinski definition) is 2. The van der Waals surface area contributed by atoms with Gasteiger partial charge in [0.05, 0.1) is 5.56 Å². The van der Waals surface area contributed by atoms with Gasteiger partial charge in [-0.3, -0.25) is 4.79 Å². The Bertz CT molecular complexity index is 481. The number of piperidine rings is 1. The van der Waals surface area contributed by atoms with Gasteiger partial charge in [-0.2, -0.15) is 0 Å². The third-order valence-electron chi connectivity index (χ3n) is 3.77. The van der Waals surface area contributed by atoms with Crippen molar-refractivity contribution in [3.05, 3.63) is 33.3 Å². The summed E-state index contributed by atoms with van der Waals surface area (Å²) in [6, 6.07) is 5.70. The molecular weight excluding hydrogens is 340 g/mol. The molecule has 2 rings (SSSR count). The second-order valence-corrected chi connectivity index (χ2v) is 6.46. The summed E-state index contributed by atoms with van der Waals surface area (Å²) in [6.07, 6.45) is 4.38. The summed E-state index contributed by atoms with van der Waals surface area (Å²) in [5.41, 5.74) is 0.661. The Morgan fingerprint density at radius 1 is 1.50 bits per heavy atom. The Morgan fingerprint density at radius 3 is 3.05 bits per heavy atom. The van der Waals surface area contributed by atoms with E-state index in [0.717, 1.165) is 36.8 Å². The third kappa shape index (κ3) is 3.74. The molecule has 0 saturated carbocycles. The van der Waals surface area contributed by atoms with Crippen LogP contribution in [0.4, 0.5) is 0 Å². The lowest BCUT2D eigenvalue weighted by Gasteiger charge is -2.36. The topological polar surface area (TPSA) is 32.3 Å². The summed E-state index contributed by atoms with van der Waals surface area (Å²) >= 11 is 9.47. The van der Waals surface area contributed by atoms with E-state index in [1.54, 1.807) is 12.1 Å². The number of likely N-dealkylation sites (tertiary alicyclic amines) is 1. The van der Waals surface area contributed by atoms with Gasteiger partial charge in [0.15, 0.2) is 0 Å². The number of rotatable bonds is 4. The third-order valence-corrected chi connectivity index (χ3v) is 4.70. The summed E-state index contributed by atoms with van der Waals surface area (Å²) in [7, 11) is 1.95. The van der Waals surface area contributed by atoms with Crippen LogP contribution < -0.4 is 5.32 Å². The Morgan fingerprint density at radius 2 is 2.30 bits per heavy atom. The van der Waals surface area contributed by atoms with Gasteiger partial charge in [-0.05, 0) is 73.4 Å². The van der Waals surface area contributed by atoms with Gasteiger partial charge < -0.3 is 10.2 Å². The molecule has 3 nitrogen and oxygen atoms in total. The minimum Gasteiger partial charge on any atom is -0.336 e. The highest BCUT2D eigenvalue weighted by atomic mass is 79.9. The molecule has 110 valence electrons. The zero-order valence-electron chi connectivity index (χ0n) is 11.7. The lowest BCUT2D eigenvalue weighted by Crippen LogP contribution is -2.44. The molecule has 1 saturated heterocycles. The molecule has 1 N–H and O–H groups in total. The number of amides is 1. The van der Waals surface area contributed by atoms with E-state index >= 15 is 0 Å². The van der Waals surface area contributed by atoms with Crippen molar-refractivity contribution in [3.8, 4) is 0 Å². The number of nitrogens with zero attached hydrogens (tertiary/aromatic N) is 1. The summed E-state index contributed by atoms with van der Waals surface area (Å²) in [5.74, 6) is 0.0835. The smallest absolute Gasteiger partial charge is 0.255 e. The lowest BCUT2D eigenvalue weighted by molar-refractivity contribution is 0.0601. The number of benzene rings is 1. The largest absolute Gasteiger partial charge is 0.336 e. The van der Waals surface area contributed by atoms with E-state index in [4.69, 9.17) is 11.6 Å². The number of nitrogens with one attached hydrogen (secondary N) is 1. The standard InChI is InChI=1S/C15H20BrClN2O/c1-18-8-7-12-4-2-3-9-19(12)15(20)13-10-11(17)5-6-14(13)16/h5-6,10,12,18H,2-4,7-9H2,1H3. The van der Waals surface area contributed by atoms with E-state index in [9.17, 15) is 4.79 Å². The van der Waals surface area contributed by atoms with Crippen molar-refractivity contribution in [3.63, 3.8) is 0 Å². The lowest BCUT2D eigenvalue weighted by atomic mass is 9.98. The van der Waals surface area contributed by atoms with E-state index in [2.05, 4.69) is 21.2 Å². The molecule has 1 heterocycles. The van der Waals surface area contributed by atoms with Crippen LogP contribution in [0, 0.1) is 0 Å². The van der Waals surface area contributed by atoms with Gasteiger partial charge in [0.25, 0.3) is 5.91 Å². The summed E-state index contributed by atoms with van der Waals surface area (Å²) < 4.78 is 0.810. The van der Waals surface area contributed by atoms with Crippen molar-refractivity contribution >= 4 is 33.4 Å². The van der Waals surface area contributed by atoms with Gasteiger partial charge in [-0.1, -0.05) is 11.6 Å². The van der Waals surface area contributed by atoms with Crippen LogP contribution in [-0.4, -0.2) is 37.0 Å². The highest BCUT2D eigenvalue weighted by molar-refractivity contribution is 9.10. The number of halogens is 2. The molecule has 1 atom stereocenters. The number of carbonyl (C=O) groups is 1. The maximum Gasteiger partial charge on any atom is 0.255 e. The van der Waals surface area contributed by atoms with Gasteiger partial charge in [0.2, 0.25) is 0 Å². The Kier molecular flexibility index (Phi) is 5.87. The van der Waals surface area contributed by atoms with Crippen LogP contribution in [0.25, 0.3) is 0 Å². The first-order chi connectivity index (χ1) is 9.63.